The van der Waals surface area contributed by atoms with E-state index >= 15 is 0 Å². The molecule has 0 aliphatic carbocycles. The Balaban J connectivity index is 1.74. The second-order valence-corrected chi connectivity index (χ2v) is 8.11. The van der Waals surface area contributed by atoms with Crippen molar-refractivity contribution < 1.29 is 28.5 Å². The van der Waals surface area contributed by atoms with Gasteiger partial charge in [0.25, 0.3) is 0 Å². The fourth-order valence-corrected chi connectivity index (χ4v) is 3.75. The summed E-state index contributed by atoms with van der Waals surface area (Å²) in [5.41, 5.74) is 10.0. The van der Waals surface area contributed by atoms with Crippen LogP contribution in [0.2, 0.25) is 0 Å². The second-order valence-electron chi connectivity index (χ2n) is 8.11. The van der Waals surface area contributed by atoms with Crippen LogP contribution in [0, 0.1) is 0 Å². The van der Waals surface area contributed by atoms with Crippen LogP contribution < -0.4 is 15.2 Å². The lowest BCUT2D eigenvalue weighted by Gasteiger charge is -2.23. The predicted molar refractivity (Wildman–Crippen MR) is 120 cm³/mol. The normalized spacial score (nSPS) is 15.9. The van der Waals surface area contributed by atoms with E-state index in [2.05, 4.69) is 0 Å². The number of rotatable bonds is 10. The third kappa shape index (κ3) is 6.55. The first kappa shape index (κ1) is 23.8. The van der Waals surface area contributed by atoms with Crippen LogP contribution in [0.25, 0.3) is 0 Å². The summed E-state index contributed by atoms with van der Waals surface area (Å²) >= 11 is 0. The number of aryl methyl sites for hydroxylation is 1. The first-order valence-corrected chi connectivity index (χ1v) is 10.6. The zero-order valence-electron chi connectivity index (χ0n) is 18.5. The number of carbonyl (C=O) groups is 1. The Morgan fingerprint density at radius 3 is 2.56 bits per heavy atom. The van der Waals surface area contributed by atoms with Gasteiger partial charge in [-0.3, -0.25) is 10.5 Å². The van der Waals surface area contributed by atoms with Crippen molar-refractivity contribution in [3.8, 4) is 11.5 Å². The standard InChI is InChI=1S/C25H30FNO5/c1-25(26,27)23-14-22(9-5-18(23)6-10-24(28)29)32-16-20-15-31-12-11-19(20)13-17-3-7-21(30-2)8-4-17/h3-5,7-9,14H,6,10-13,15-16,27H2,1-2H3,(H,28,29). The summed E-state index contributed by atoms with van der Waals surface area (Å²) in [5, 5.41) is 8.94. The van der Waals surface area contributed by atoms with E-state index in [0.29, 0.717) is 31.1 Å². The van der Waals surface area contributed by atoms with E-state index in [-0.39, 0.29) is 18.4 Å². The number of ether oxygens (including phenoxy) is 3. The van der Waals surface area contributed by atoms with E-state index < -0.39 is 11.8 Å². The lowest BCUT2D eigenvalue weighted by Crippen LogP contribution is -2.28. The van der Waals surface area contributed by atoms with Gasteiger partial charge >= 0.3 is 5.97 Å². The largest absolute Gasteiger partial charge is 0.497 e. The Morgan fingerprint density at radius 1 is 1.19 bits per heavy atom. The fraction of sp³-hybridized carbons (Fsp3) is 0.400. The van der Waals surface area contributed by atoms with E-state index in [9.17, 15) is 9.18 Å². The van der Waals surface area contributed by atoms with Crippen molar-refractivity contribution in [2.24, 2.45) is 5.73 Å². The van der Waals surface area contributed by atoms with Crippen LogP contribution in [0.4, 0.5) is 4.39 Å². The van der Waals surface area contributed by atoms with Gasteiger partial charge < -0.3 is 19.3 Å². The molecule has 0 saturated heterocycles. The maximum absolute atomic E-state index is 14.6. The molecule has 1 atom stereocenters. The van der Waals surface area contributed by atoms with E-state index in [1.807, 2.05) is 24.3 Å². The lowest BCUT2D eigenvalue weighted by atomic mass is 9.96. The molecule has 0 saturated carbocycles. The van der Waals surface area contributed by atoms with Crippen LogP contribution in [0.15, 0.2) is 53.6 Å². The molecule has 1 aliphatic heterocycles. The number of alkyl halides is 1. The van der Waals surface area contributed by atoms with E-state index in [1.54, 1.807) is 25.3 Å². The molecule has 6 nitrogen and oxygen atoms in total. The number of benzene rings is 2. The predicted octanol–water partition coefficient (Wildman–Crippen LogP) is 4.15. The van der Waals surface area contributed by atoms with Crippen molar-refractivity contribution in [3.05, 3.63) is 70.3 Å². The van der Waals surface area contributed by atoms with Crippen LogP contribution in [0.1, 0.15) is 36.5 Å². The molecule has 172 valence electrons. The summed E-state index contributed by atoms with van der Waals surface area (Å²) in [4.78, 5) is 10.9. The van der Waals surface area contributed by atoms with Crippen molar-refractivity contribution in [3.63, 3.8) is 0 Å². The van der Waals surface area contributed by atoms with E-state index in [1.165, 1.54) is 18.1 Å². The van der Waals surface area contributed by atoms with Gasteiger partial charge in [-0.25, -0.2) is 4.39 Å². The van der Waals surface area contributed by atoms with Crippen LogP contribution in [0.5, 0.6) is 11.5 Å². The molecule has 0 bridgehead atoms. The number of carboxylic acids is 1. The summed E-state index contributed by atoms with van der Waals surface area (Å²) in [6.45, 7) is 2.74. The summed E-state index contributed by atoms with van der Waals surface area (Å²) in [6.07, 6.45) is 1.74. The SMILES string of the molecule is COc1ccc(CC2=C(COc3ccc(CCC(=O)O)c(C(C)(N)F)c3)COCC2)cc1. The molecule has 2 aromatic rings. The number of methoxy groups -OCH3 is 1. The summed E-state index contributed by atoms with van der Waals surface area (Å²) in [5.74, 6) is -1.74. The third-order valence-corrected chi connectivity index (χ3v) is 5.53. The maximum Gasteiger partial charge on any atom is 0.303 e. The van der Waals surface area contributed by atoms with E-state index in [0.717, 1.165) is 24.2 Å². The van der Waals surface area contributed by atoms with Gasteiger partial charge in [0.2, 0.25) is 0 Å². The highest BCUT2D eigenvalue weighted by Crippen LogP contribution is 2.29. The van der Waals surface area contributed by atoms with Crippen LogP contribution >= 0.6 is 0 Å². The highest BCUT2D eigenvalue weighted by Gasteiger charge is 2.24. The number of carboxylic acid groups (broad SMARTS) is 1. The molecular weight excluding hydrogens is 413 g/mol. The van der Waals surface area contributed by atoms with E-state index in [4.69, 9.17) is 25.1 Å². The highest BCUT2D eigenvalue weighted by molar-refractivity contribution is 5.67. The molecule has 1 heterocycles. The molecular formula is C25H30FNO5. The van der Waals surface area contributed by atoms with Crippen molar-refractivity contribution in [2.75, 3.05) is 26.9 Å². The number of aliphatic carboxylic acids is 1. The Morgan fingerprint density at radius 2 is 1.91 bits per heavy atom. The van der Waals surface area contributed by atoms with Crippen molar-refractivity contribution in [1.82, 2.24) is 0 Å². The highest BCUT2D eigenvalue weighted by atomic mass is 19.1. The maximum atomic E-state index is 14.6. The molecule has 32 heavy (non-hydrogen) atoms. The molecule has 0 amide bonds. The summed E-state index contributed by atoms with van der Waals surface area (Å²) in [6, 6.07) is 12.9. The molecule has 1 aliphatic rings. The molecule has 7 heteroatoms. The molecule has 0 fully saturated rings. The monoisotopic (exact) mass is 443 g/mol. The fourth-order valence-electron chi connectivity index (χ4n) is 3.75. The van der Waals surface area contributed by atoms with Gasteiger partial charge in [-0.1, -0.05) is 23.8 Å². The zero-order valence-corrected chi connectivity index (χ0v) is 18.5. The third-order valence-electron chi connectivity index (χ3n) is 5.53. The van der Waals surface area contributed by atoms with Crippen LogP contribution in [0.3, 0.4) is 0 Å². The first-order valence-electron chi connectivity index (χ1n) is 10.6. The number of halogens is 1. The van der Waals surface area contributed by atoms with Gasteiger partial charge in [-0.15, -0.1) is 0 Å². The average molecular weight is 444 g/mol. The van der Waals surface area contributed by atoms with Gasteiger partial charge in [0, 0.05) is 12.0 Å². The smallest absolute Gasteiger partial charge is 0.303 e. The van der Waals surface area contributed by atoms with Crippen LogP contribution in [-0.2, 0) is 28.2 Å². The van der Waals surface area contributed by atoms with Crippen molar-refractivity contribution in [1.29, 1.82) is 0 Å². The Labute approximate surface area is 187 Å². The molecule has 2 aromatic carbocycles. The quantitative estimate of drug-likeness (QED) is 0.423. The number of nitrogens with two attached hydrogens (primary N) is 1. The average Bonchev–Trinajstić information content (AvgIpc) is 2.77. The topological polar surface area (TPSA) is 91.0 Å². The number of hydrogen-bond donors (Lipinski definition) is 2. The van der Waals surface area contributed by atoms with Gasteiger partial charge in [-0.05, 0) is 67.2 Å². The molecule has 0 spiro atoms. The molecule has 0 radical (unpaired) electrons. The summed E-state index contributed by atoms with van der Waals surface area (Å²) < 4.78 is 31.4. The second kappa shape index (κ2) is 10.6. The van der Waals surface area contributed by atoms with Gasteiger partial charge in [0.15, 0.2) is 5.79 Å². The van der Waals surface area contributed by atoms with Gasteiger partial charge in [-0.2, -0.15) is 0 Å². The zero-order chi connectivity index (χ0) is 23.1. The van der Waals surface area contributed by atoms with Crippen molar-refractivity contribution >= 4 is 5.97 Å². The minimum atomic E-state index is -2.10. The molecule has 3 N–H and O–H groups in total. The Kier molecular flexibility index (Phi) is 7.88. The minimum Gasteiger partial charge on any atom is -0.497 e. The molecule has 0 aromatic heterocycles. The van der Waals surface area contributed by atoms with Gasteiger partial charge in [0.05, 0.1) is 20.3 Å². The van der Waals surface area contributed by atoms with Crippen LogP contribution in [-0.4, -0.2) is 38.0 Å². The summed E-state index contributed by atoms with van der Waals surface area (Å²) in [7, 11) is 1.64. The lowest BCUT2D eigenvalue weighted by molar-refractivity contribution is -0.136. The Hall–Kier alpha value is -2.90. The number of hydrogen-bond acceptors (Lipinski definition) is 5. The minimum absolute atomic E-state index is 0.0950. The molecule has 1 unspecified atom stereocenters. The first-order chi connectivity index (χ1) is 15.3. The Bertz CT molecular complexity index is 963. The van der Waals surface area contributed by atoms with Crippen molar-refractivity contribution in [2.45, 2.75) is 38.4 Å². The van der Waals surface area contributed by atoms with Gasteiger partial charge in [0.1, 0.15) is 18.1 Å². The molecule has 3 rings (SSSR count).